The Kier molecular flexibility index (Phi) is 3.17. The molecule has 0 amide bonds. The van der Waals surface area contributed by atoms with Gasteiger partial charge in [-0.2, -0.15) is 5.26 Å². The van der Waals surface area contributed by atoms with Crippen LogP contribution in [0.5, 0.6) is 0 Å². The van der Waals surface area contributed by atoms with Crippen LogP contribution in [0.25, 0.3) is 22.5 Å². The molecule has 3 nitrogen and oxygen atoms in total. The van der Waals surface area contributed by atoms with Crippen molar-refractivity contribution in [3.05, 3.63) is 83.2 Å². The van der Waals surface area contributed by atoms with Crippen molar-refractivity contribution in [2.45, 2.75) is 0 Å². The molecule has 2 heterocycles. The molecule has 0 saturated carbocycles. The molecule has 2 aromatic heterocycles. The minimum Gasteiger partial charge on any atom is -0.254 e. The van der Waals surface area contributed by atoms with E-state index in [9.17, 15) is 14.0 Å². The van der Waals surface area contributed by atoms with Crippen molar-refractivity contribution in [3.8, 4) is 17.5 Å². The maximum Gasteiger partial charge on any atom is 0.159 e. The number of aromatic nitrogens is 2. The first-order chi connectivity index (χ1) is 11.7. The normalized spacial score (nSPS) is 11.6. The van der Waals surface area contributed by atoms with Gasteiger partial charge in [0.1, 0.15) is 6.07 Å². The van der Waals surface area contributed by atoms with Crippen molar-refractivity contribution in [2.24, 2.45) is 0 Å². The lowest BCUT2D eigenvalue weighted by Gasteiger charge is -2.07. The number of nitriles is 1. The molecule has 3 aromatic rings. The van der Waals surface area contributed by atoms with Crippen LogP contribution in [0.2, 0.25) is 0 Å². The van der Waals surface area contributed by atoms with E-state index in [4.69, 9.17) is 0 Å². The predicted octanol–water partition coefficient (Wildman–Crippen LogP) is 4.22. The fourth-order valence-electron chi connectivity index (χ4n) is 2.92. The summed E-state index contributed by atoms with van der Waals surface area (Å²) in [5.41, 5.74) is 4.08. The van der Waals surface area contributed by atoms with Gasteiger partial charge in [0, 0.05) is 29.1 Å². The van der Waals surface area contributed by atoms with Crippen molar-refractivity contribution in [1.29, 1.82) is 5.26 Å². The molecule has 0 bridgehead atoms. The minimum absolute atomic E-state index is 0.259. The second-order valence-electron chi connectivity index (χ2n) is 5.29. The number of allylic oxidation sites excluding steroid dienone is 1. The molecule has 0 unspecified atom stereocenters. The van der Waals surface area contributed by atoms with Crippen LogP contribution < -0.4 is 0 Å². The highest BCUT2D eigenvalue weighted by Crippen LogP contribution is 2.44. The molecular formula is C19H9F2N3. The Hall–Kier alpha value is -3.39. The molecule has 4 rings (SSSR count). The number of hydrogen-bond donors (Lipinski definition) is 0. The van der Waals surface area contributed by atoms with E-state index < -0.39 is 11.6 Å². The Bertz CT molecular complexity index is 1000. The average molecular weight is 317 g/mol. The number of rotatable bonds is 1. The lowest BCUT2D eigenvalue weighted by molar-refractivity contribution is 0.508. The van der Waals surface area contributed by atoms with Crippen molar-refractivity contribution in [3.63, 3.8) is 0 Å². The van der Waals surface area contributed by atoms with Gasteiger partial charge in [0.2, 0.25) is 0 Å². The smallest absolute Gasteiger partial charge is 0.159 e. The summed E-state index contributed by atoms with van der Waals surface area (Å²) >= 11 is 0. The fraction of sp³-hybridized carbons (Fsp3) is 0. The number of benzene rings is 1. The SMILES string of the molecule is N#CC(=C1c2cccnc2-c2ncccc21)c1ccc(F)c(F)c1. The summed E-state index contributed by atoms with van der Waals surface area (Å²) < 4.78 is 26.9. The van der Waals surface area contributed by atoms with Crippen molar-refractivity contribution < 1.29 is 8.78 Å². The molecule has 0 fully saturated rings. The summed E-state index contributed by atoms with van der Waals surface area (Å²) in [7, 11) is 0. The quantitative estimate of drug-likeness (QED) is 0.494. The van der Waals surface area contributed by atoms with Gasteiger partial charge in [0.15, 0.2) is 11.6 Å². The van der Waals surface area contributed by atoms with Gasteiger partial charge in [-0.25, -0.2) is 8.78 Å². The molecular weight excluding hydrogens is 308 g/mol. The monoisotopic (exact) mass is 317 g/mol. The van der Waals surface area contributed by atoms with Crippen LogP contribution in [-0.2, 0) is 0 Å². The summed E-state index contributed by atoms with van der Waals surface area (Å²) in [6, 6.07) is 12.8. The summed E-state index contributed by atoms with van der Waals surface area (Å²) in [5, 5.41) is 9.69. The molecule has 1 aromatic carbocycles. The Morgan fingerprint density at radius 1 is 0.875 bits per heavy atom. The van der Waals surface area contributed by atoms with E-state index in [1.54, 1.807) is 24.5 Å². The Morgan fingerprint density at radius 2 is 1.50 bits per heavy atom. The van der Waals surface area contributed by atoms with E-state index in [1.165, 1.54) is 6.07 Å². The highest BCUT2D eigenvalue weighted by Gasteiger charge is 2.28. The van der Waals surface area contributed by atoms with Gasteiger partial charge in [-0.15, -0.1) is 0 Å². The van der Waals surface area contributed by atoms with E-state index in [0.717, 1.165) is 23.3 Å². The molecule has 114 valence electrons. The fourth-order valence-corrected chi connectivity index (χ4v) is 2.92. The van der Waals surface area contributed by atoms with E-state index in [0.29, 0.717) is 22.5 Å². The third kappa shape index (κ3) is 2.01. The van der Waals surface area contributed by atoms with Gasteiger partial charge in [0.05, 0.1) is 17.0 Å². The molecule has 0 N–H and O–H groups in total. The first-order valence-corrected chi connectivity index (χ1v) is 7.21. The van der Waals surface area contributed by atoms with Crippen molar-refractivity contribution >= 4 is 11.1 Å². The summed E-state index contributed by atoms with van der Waals surface area (Å²) in [5.74, 6) is -1.94. The third-order valence-electron chi connectivity index (χ3n) is 3.95. The van der Waals surface area contributed by atoms with Crippen LogP contribution >= 0.6 is 0 Å². The zero-order valence-electron chi connectivity index (χ0n) is 12.3. The van der Waals surface area contributed by atoms with Crippen LogP contribution in [0.4, 0.5) is 8.78 Å². The molecule has 0 radical (unpaired) electrons. The van der Waals surface area contributed by atoms with E-state index in [-0.39, 0.29) is 5.57 Å². The molecule has 24 heavy (non-hydrogen) atoms. The number of halogens is 2. The maximum atomic E-state index is 13.6. The van der Waals surface area contributed by atoms with E-state index in [1.807, 2.05) is 12.1 Å². The van der Waals surface area contributed by atoms with Crippen LogP contribution in [-0.4, -0.2) is 9.97 Å². The minimum atomic E-state index is -0.989. The van der Waals surface area contributed by atoms with Crippen LogP contribution in [0.3, 0.4) is 0 Å². The topological polar surface area (TPSA) is 49.6 Å². The first kappa shape index (κ1) is 14.2. The molecule has 0 saturated heterocycles. The Morgan fingerprint density at radius 3 is 2.04 bits per heavy atom. The summed E-state index contributed by atoms with van der Waals surface area (Å²) in [6.07, 6.45) is 3.31. The second-order valence-corrected chi connectivity index (χ2v) is 5.29. The standard InChI is InChI=1S/C19H9F2N3/c20-15-6-5-11(9-16(15)21)14(10-22)17-12-3-1-7-23-18(12)19-13(17)4-2-8-24-19/h1-9H. The van der Waals surface area contributed by atoms with E-state index >= 15 is 0 Å². The zero-order valence-corrected chi connectivity index (χ0v) is 12.3. The van der Waals surface area contributed by atoms with Gasteiger partial charge in [-0.1, -0.05) is 18.2 Å². The second kappa shape index (κ2) is 5.36. The summed E-state index contributed by atoms with van der Waals surface area (Å²) in [6.45, 7) is 0. The number of pyridine rings is 2. The highest BCUT2D eigenvalue weighted by molar-refractivity contribution is 6.11. The molecule has 0 spiro atoms. The lowest BCUT2D eigenvalue weighted by atomic mass is 9.94. The molecule has 0 atom stereocenters. The van der Waals surface area contributed by atoms with Crippen molar-refractivity contribution in [1.82, 2.24) is 9.97 Å². The largest absolute Gasteiger partial charge is 0.254 e. The molecule has 1 aliphatic carbocycles. The third-order valence-corrected chi connectivity index (χ3v) is 3.95. The van der Waals surface area contributed by atoms with Crippen LogP contribution in [0.1, 0.15) is 16.7 Å². The highest BCUT2D eigenvalue weighted by atomic mass is 19.2. The van der Waals surface area contributed by atoms with Crippen LogP contribution in [0.15, 0.2) is 54.9 Å². The molecule has 0 aliphatic heterocycles. The van der Waals surface area contributed by atoms with Crippen LogP contribution in [0, 0.1) is 23.0 Å². The van der Waals surface area contributed by atoms with E-state index in [2.05, 4.69) is 16.0 Å². The van der Waals surface area contributed by atoms with Gasteiger partial charge in [-0.05, 0) is 29.8 Å². The summed E-state index contributed by atoms with van der Waals surface area (Å²) in [4.78, 5) is 8.71. The van der Waals surface area contributed by atoms with Gasteiger partial charge >= 0.3 is 0 Å². The number of nitrogens with zero attached hydrogens (tertiary/aromatic N) is 3. The zero-order chi connectivity index (χ0) is 16.7. The van der Waals surface area contributed by atoms with Gasteiger partial charge < -0.3 is 0 Å². The maximum absolute atomic E-state index is 13.6. The Balaban J connectivity index is 2.07. The van der Waals surface area contributed by atoms with Crippen molar-refractivity contribution in [2.75, 3.05) is 0 Å². The lowest BCUT2D eigenvalue weighted by Crippen LogP contribution is -1.93. The van der Waals surface area contributed by atoms with Gasteiger partial charge in [-0.3, -0.25) is 9.97 Å². The number of hydrogen-bond acceptors (Lipinski definition) is 3. The predicted molar refractivity (Wildman–Crippen MR) is 85.4 cm³/mol. The first-order valence-electron chi connectivity index (χ1n) is 7.21. The van der Waals surface area contributed by atoms with Gasteiger partial charge in [0.25, 0.3) is 0 Å². The molecule has 1 aliphatic rings. The number of fused-ring (bicyclic) bond motifs is 3. The Labute approximate surface area is 136 Å². The average Bonchev–Trinajstić information content (AvgIpc) is 2.94. The molecule has 5 heteroatoms.